The highest BCUT2D eigenvalue weighted by molar-refractivity contribution is 7.86. The van der Waals surface area contributed by atoms with Gasteiger partial charge in [-0.15, -0.1) is 0 Å². The molecule has 0 saturated carbocycles. The number of aliphatic hydroxyl groups excluding tert-OH is 1. The van der Waals surface area contributed by atoms with Gasteiger partial charge in [-0.25, -0.2) is 0 Å². The van der Waals surface area contributed by atoms with Gasteiger partial charge < -0.3 is 9.29 Å². The van der Waals surface area contributed by atoms with Crippen molar-refractivity contribution in [2.24, 2.45) is 0 Å². The maximum absolute atomic E-state index is 10.8. The van der Waals surface area contributed by atoms with Crippen LogP contribution in [0.25, 0.3) is 0 Å². The van der Waals surface area contributed by atoms with E-state index >= 15 is 0 Å². The third kappa shape index (κ3) is 4.66. The molecule has 0 radical (unpaired) electrons. The molecular formula is C6H12O4S. The van der Waals surface area contributed by atoms with Crippen LogP contribution in [-0.2, 0) is 14.3 Å². The summed E-state index contributed by atoms with van der Waals surface area (Å²) in [4.78, 5) is 0. The van der Waals surface area contributed by atoms with Crippen LogP contribution in [0.1, 0.15) is 20.3 Å². The van der Waals surface area contributed by atoms with E-state index < -0.39 is 16.1 Å². The highest BCUT2D eigenvalue weighted by atomic mass is 32.2. The van der Waals surface area contributed by atoms with Crippen LogP contribution in [-0.4, -0.2) is 19.3 Å². The van der Waals surface area contributed by atoms with Crippen molar-refractivity contribution in [1.29, 1.82) is 0 Å². The Hall–Kier alpha value is -0.710. The first kappa shape index (κ1) is 10.3. The van der Waals surface area contributed by atoms with E-state index in [0.29, 0.717) is 6.42 Å². The molecule has 5 heteroatoms. The van der Waals surface area contributed by atoms with Crippen LogP contribution >= 0.6 is 0 Å². The fraction of sp³-hybridized carbons (Fsp3) is 0.667. The van der Waals surface area contributed by atoms with Gasteiger partial charge in [-0.05, 0) is 19.4 Å². The molecule has 0 aliphatic carbocycles. The molecule has 0 bridgehead atoms. The number of hydrogen-bond acceptors (Lipinski definition) is 4. The minimum absolute atomic E-state index is 0.0785. The largest absolute Gasteiger partial charge is 0.480 e. The lowest BCUT2D eigenvalue weighted by Crippen LogP contribution is -2.09. The molecule has 0 aliphatic heterocycles. The lowest BCUT2D eigenvalue weighted by atomic mass is 10.6. The third-order valence-electron chi connectivity index (χ3n) is 0.913. The van der Waals surface area contributed by atoms with E-state index in [1.165, 1.54) is 13.0 Å². The molecule has 0 aromatic carbocycles. The van der Waals surface area contributed by atoms with Crippen molar-refractivity contribution >= 4 is 10.1 Å². The molecule has 0 rings (SSSR count). The molecule has 11 heavy (non-hydrogen) atoms. The van der Waals surface area contributed by atoms with Gasteiger partial charge in [0.1, 0.15) is 0 Å². The standard InChI is InChI=1S/C6H12O4S/c1-3-5-11(8,9)10-6(7)4-2/h4,7H,3,5H2,1-2H3. The maximum atomic E-state index is 10.8. The minimum atomic E-state index is -3.56. The van der Waals surface area contributed by atoms with Crippen LogP contribution in [0.15, 0.2) is 12.0 Å². The van der Waals surface area contributed by atoms with Gasteiger partial charge in [0.15, 0.2) is 0 Å². The molecule has 0 aromatic heterocycles. The summed E-state index contributed by atoms with van der Waals surface area (Å²) in [6, 6.07) is 0. The van der Waals surface area contributed by atoms with Gasteiger partial charge in [0.2, 0.25) is 0 Å². The number of hydrogen-bond donors (Lipinski definition) is 1. The maximum Gasteiger partial charge on any atom is 0.311 e. The summed E-state index contributed by atoms with van der Waals surface area (Å²) in [5, 5.41) is 8.68. The monoisotopic (exact) mass is 180 g/mol. The first-order valence-electron chi connectivity index (χ1n) is 3.29. The van der Waals surface area contributed by atoms with Gasteiger partial charge in [0.25, 0.3) is 5.95 Å². The second-order valence-electron chi connectivity index (χ2n) is 1.97. The van der Waals surface area contributed by atoms with E-state index in [1.807, 2.05) is 0 Å². The predicted molar refractivity (Wildman–Crippen MR) is 41.5 cm³/mol. The molecule has 0 saturated heterocycles. The van der Waals surface area contributed by atoms with Crippen molar-refractivity contribution in [3.63, 3.8) is 0 Å². The molecular weight excluding hydrogens is 168 g/mol. The Balaban J connectivity index is 4.14. The molecule has 66 valence electrons. The summed E-state index contributed by atoms with van der Waals surface area (Å²) in [7, 11) is -3.56. The summed E-state index contributed by atoms with van der Waals surface area (Å²) < 4.78 is 25.8. The molecule has 0 aliphatic rings. The van der Waals surface area contributed by atoms with Crippen LogP contribution in [0, 0.1) is 0 Å². The Morgan fingerprint density at radius 3 is 2.55 bits per heavy atom. The zero-order valence-electron chi connectivity index (χ0n) is 6.57. The molecule has 0 heterocycles. The second-order valence-corrected chi connectivity index (χ2v) is 3.66. The zero-order valence-corrected chi connectivity index (χ0v) is 7.39. The summed E-state index contributed by atoms with van der Waals surface area (Å²) in [5.41, 5.74) is 0. The normalized spacial score (nSPS) is 13.1. The minimum Gasteiger partial charge on any atom is -0.480 e. The van der Waals surface area contributed by atoms with Crippen LogP contribution in [0.4, 0.5) is 0 Å². The molecule has 0 amide bonds. The Morgan fingerprint density at radius 2 is 2.18 bits per heavy atom. The molecule has 0 aromatic rings. The Labute approximate surface area is 66.6 Å². The third-order valence-corrected chi connectivity index (χ3v) is 2.25. The van der Waals surface area contributed by atoms with Gasteiger partial charge in [0.05, 0.1) is 5.75 Å². The Morgan fingerprint density at radius 1 is 1.64 bits per heavy atom. The van der Waals surface area contributed by atoms with Crippen molar-refractivity contribution < 1.29 is 17.7 Å². The Kier molecular flexibility index (Phi) is 3.95. The molecule has 1 N–H and O–H groups in total. The van der Waals surface area contributed by atoms with Gasteiger partial charge >= 0.3 is 10.1 Å². The topological polar surface area (TPSA) is 63.6 Å². The lowest BCUT2D eigenvalue weighted by molar-refractivity contribution is 0.213. The van der Waals surface area contributed by atoms with Crippen LogP contribution in [0.2, 0.25) is 0 Å². The SMILES string of the molecule is CC=C(O)OS(=O)(=O)CCC. The molecule has 0 unspecified atom stereocenters. The highest BCUT2D eigenvalue weighted by Crippen LogP contribution is 2.01. The zero-order chi connectivity index (χ0) is 8.91. The average molecular weight is 180 g/mol. The van der Waals surface area contributed by atoms with E-state index in [-0.39, 0.29) is 5.75 Å². The van der Waals surface area contributed by atoms with E-state index in [2.05, 4.69) is 4.18 Å². The lowest BCUT2D eigenvalue weighted by Gasteiger charge is -2.02. The first-order chi connectivity index (χ1) is 5.02. The van der Waals surface area contributed by atoms with E-state index in [4.69, 9.17) is 5.11 Å². The molecule has 0 spiro atoms. The number of aliphatic hydroxyl groups is 1. The molecule has 0 atom stereocenters. The van der Waals surface area contributed by atoms with Crippen LogP contribution < -0.4 is 0 Å². The molecule has 4 nitrogen and oxygen atoms in total. The second kappa shape index (κ2) is 4.23. The van der Waals surface area contributed by atoms with Gasteiger partial charge in [-0.2, -0.15) is 8.42 Å². The fourth-order valence-corrected chi connectivity index (χ4v) is 1.41. The van der Waals surface area contributed by atoms with Crippen molar-refractivity contribution in [2.75, 3.05) is 5.75 Å². The van der Waals surface area contributed by atoms with Crippen molar-refractivity contribution in [3.05, 3.63) is 12.0 Å². The summed E-state index contributed by atoms with van der Waals surface area (Å²) in [6.07, 6.45) is 1.65. The van der Waals surface area contributed by atoms with E-state index in [0.717, 1.165) is 0 Å². The van der Waals surface area contributed by atoms with Crippen LogP contribution in [0.3, 0.4) is 0 Å². The number of rotatable bonds is 4. The summed E-state index contributed by atoms with van der Waals surface area (Å²) in [5.74, 6) is -0.649. The van der Waals surface area contributed by atoms with E-state index in [1.54, 1.807) is 6.92 Å². The van der Waals surface area contributed by atoms with Crippen molar-refractivity contribution in [2.45, 2.75) is 20.3 Å². The van der Waals surface area contributed by atoms with Crippen molar-refractivity contribution in [3.8, 4) is 0 Å². The Bertz CT molecular complexity index is 227. The quantitative estimate of drug-likeness (QED) is 0.521. The van der Waals surface area contributed by atoms with Crippen LogP contribution in [0.5, 0.6) is 0 Å². The van der Waals surface area contributed by atoms with Crippen molar-refractivity contribution in [1.82, 2.24) is 0 Å². The summed E-state index contributed by atoms with van der Waals surface area (Å²) >= 11 is 0. The molecule has 0 fully saturated rings. The number of allylic oxidation sites excluding steroid dienone is 1. The fourth-order valence-electron chi connectivity index (χ4n) is 0.470. The van der Waals surface area contributed by atoms with Gasteiger partial charge in [-0.3, -0.25) is 0 Å². The van der Waals surface area contributed by atoms with Gasteiger partial charge in [0, 0.05) is 0 Å². The highest BCUT2D eigenvalue weighted by Gasteiger charge is 2.10. The van der Waals surface area contributed by atoms with Gasteiger partial charge in [-0.1, -0.05) is 6.92 Å². The van der Waals surface area contributed by atoms with E-state index in [9.17, 15) is 8.42 Å². The average Bonchev–Trinajstić information content (AvgIpc) is 1.86. The smallest absolute Gasteiger partial charge is 0.311 e. The first-order valence-corrected chi connectivity index (χ1v) is 4.87. The summed E-state index contributed by atoms with van der Waals surface area (Å²) in [6.45, 7) is 3.20. The predicted octanol–water partition coefficient (Wildman–Crippen LogP) is 1.16.